The Morgan fingerprint density at radius 1 is 0.935 bits per heavy atom. The van der Waals surface area contributed by atoms with Crippen molar-refractivity contribution in [2.75, 3.05) is 11.3 Å². The second-order valence-corrected chi connectivity index (χ2v) is 9.13. The predicted molar refractivity (Wildman–Crippen MR) is 122 cm³/mol. The number of carbonyl (C=O) groups is 1. The molecular formula is C24H26N2O4S. The quantitative estimate of drug-likeness (QED) is 0.549. The van der Waals surface area contributed by atoms with Crippen molar-refractivity contribution in [1.82, 2.24) is 5.32 Å². The fourth-order valence-electron chi connectivity index (χ4n) is 2.90. The van der Waals surface area contributed by atoms with Crippen molar-refractivity contribution in [2.45, 2.75) is 31.7 Å². The number of anilines is 1. The molecule has 6 nitrogen and oxygen atoms in total. The molecule has 0 heterocycles. The highest BCUT2D eigenvalue weighted by atomic mass is 32.2. The third-order valence-corrected chi connectivity index (χ3v) is 6.09. The SMILES string of the molecule is Cc1ccc(S(=O)(=O)Nc2ccc(C(=O)NC(C)COc3ccccc3C)cc2)cc1. The molecule has 3 aromatic carbocycles. The van der Waals surface area contributed by atoms with Crippen LogP contribution in [0.15, 0.2) is 77.7 Å². The topological polar surface area (TPSA) is 84.5 Å². The van der Waals surface area contributed by atoms with Gasteiger partial charge in [0.2, 0.25) is 0 Å². The molecule has 2 N–H and O–H groups in total. The molecule has 31 heavy (non-hydrogen) atoms. The molecule has 0 bridgehead atoms. The number of ether oxygens (including phenoxy) is 1. The lowest BCUT2D eigenvalue weighted by Crippen LogP contribution is -2.36. The molecule has 0 aliphatic carbocycles. The van der Waals surface area contributed by atoms with Gasteiger partial charge < -0.3 is 10.1 Å². The molecule has 1 atom stereocenters. The fraction of sp³-hybridized carbons (Fsp3) is 0.208. The number of benzene rings is 3. The summed E-state index contributed by atoms with van der Waals surface area (Å²) in [6, 6.07) is 20.4. The summed E-state index contributed by atoms with van der Waals surface area (Å²) in [5.74, 6) is 0.530. The van der Waals surface area contributed by atoms with Crippen molar-refractivity contribution in [3.8, 4) is 5.75 Å². The van der Waals surface area contributed by atoms with Crippen molar-refractivity contribution in [3.63, 3.8) is 0 Å². The lowest BCUT2D eigenvalue weighted by molar-refractivity contribution is 0.0926. The first kappa shape index (κ1) is 22.4. The standard InChI is InChI=1S/C24H26N2O4S/c1-17-8-14-22(15-9-17)31(28,29)26-21-12-10-20(11-13-21)24(27)25-19(3)16-30-23-7-5-4-6-18(23)2/h4-15,19,26H,16H2,1-3H3,(H,25,27). The van der Waals surface area contributed by atoms with Gasteiger partial charge in [0.25, 0.3) is 15.9 Å². The van der Waals surface area contributed by atoms with Gasteiger partial charge in [0.05, 0.1) is 10.9 Å². The van der Waals surface area contributed by atoms with Crippen molar-refractivity contribution >= 4 is 21.6 Å². The van der Waals surface area contributed by atoms with E-state index in [4.69, 9.17) is 4.74 Å². The molecule has 3 rings (SSSR count). The first-order valence-corrected chi connectivity index (χ1v) is 11.4. The Morgan fingerprint density at radius 2 is 1.58 bits per heavy atom. The summed E-state index contributed by atoms with van der Waals surface area (Å²) in [7, 11) is -3.69. The molecule has 1 unspecified atom stereocenters. The number of carbonyl (C=O) groups excluding carboxylic acids is 1. The number of para-hydroxylation sites is 1. The van der Waals surface area contributed by atoms with Crippen LogP contribution < -0.4 is 14.8 Å². The van der Waals surface area contributed by atoms with E-state index < -0.39 is 10.0 Å². The molecular weight excluding hydrogens is 412 g/mol. The van der Waals surface area contributed by atoms with Crippen molar-refractivity contribution < 1.29 is 17.9 Å². The fourth-order valence-corrected chi connectivity index (χ4v) is 3.96. The molecule has 0 saturated carbocycles. The summed E-state index contributed by atoms with van der Waals surface area (Å²) >= 11 is 0. The molecule has 7 heteroatoms. The van der Waals surface area contributed by atoms with Crippen molar-refractivity contribution in [3.05, 3.63) is 89.5 Å². The molecule has 0 radical (unpaired) electrons. The third-order valence-electron chi connectivity index (χ3n) is 4.69. The second kappa shape index (κ2) is 9.66. The van der Waals surface area contributed by atoms with E-state index in [0.29, 0.717) is 17.9 Å². The summed E-state index contributed by atoms with van der Waals surface area (Å²) < 4.78 is 33.3. The van der Waals surface area contributed by atoms with Crippen LogP contribution in [0.1, 0.15) is 28.4 Å². The van der Waals surface area contributed by atoms with Crippen LogP contribution in [-0.4, -0.2) is 27.0 Å². The minimum Gasteiger partial charge on any atom is -0.491 e. The summed E-state index contributed by atoms with van der Waals surface area (Å²) in [6.45, 7) is 6.06. The van der Waals surface area contributed by atoms with Gasteiger partial charge in [-0.1, -0.05) is 35.9 Å². The van der Waals surface area contributed by atoms with Gasteiger partial charge in [0, 0.05) is 11.3 Å². The number of amides is 1. The van der Waals surface area contributed by atoms with Crippen LogP contribution in [0.3, 0.4) is 0 Å². The van der Waals surface area contributed by atoms with E-state index in [1.807, 2.05) is 45.0 Å². The Bertz CT molecular complexity index is 1140. The van der Waals surface area contributed by atoms with Gasteiger partial charge in [0.15, 0.2) is 0 Å². The monoisotopic (exact) mass is 438 g/mol. The molecule has 1 amide bonds. The Kier molecular flexibility index (Phi) is 6.97. The summed E-state index contributed by atoms with van der Waals surface area (Å²) in [6.07, 6.45) is 0. The van der Waals surface area contributed by atoms with E-state index in [9.17, 15) is 13.2 Å². The highest BCUT2D eigenvalue weighted by Gasteiger charge is 2.15. The number of rotatable bonds is 8. The Morgan fingerprint density at radius 3 is 2.23 bits per heavy atom. The van der Waals surface area contributed by atoms with Gasteiger partial charge in [-0.2, -0.15) is 0 Å². The van der Waals surface area contributed by atoms with E-state index >= 15 is 0 Å². The zero-order valence-electron chi connectivity index (χ0n) is 17.8. The maximum absolute atomic E-state index is 12.5. The second-order valence-electron chi connectivity index (χ2n) is 7.45. The third kappa shape index (κ3) is 6.08. The Labute approximate surface area is 183 Å². The highest BCUT2D eigenvalue weighted by Crippen LogP contribution is 2.18. The normalized spacial score (nSPS) is 12.1. The smallest absolute Gasteiger partial charge is 0.261 e. The van der Waals surface area contributed by atoms with Crippen LogP contribution in [0.4, 0.5) is 5.69 Å². The van der Waals surface area contributed by atoms with Crippen LogP contribution >= 0.6 is 0 Å². The van der Waals surface area contributed by atoms with Gasteiger partial charge in [-0.05, 0) is 68.8 Å². The molecule has 3 aromatic rings. The molecule has 0 aliphatic heterocycles. The summed E-state index contributed by atoms with van der Waals surface area (Å²) in [5.41, 5.74) is 2.83. The molecule has 0 aromatic heterocycles. The van der Waals surface area contributed by atoms with Crippen molar-refractivity contribution in [1.29, 1.82) is 0 Å². The van der Waals surface area contributed by atoms with E-state index in [-0.39, 0.29) is 16.8 Å². The van der Waals surface area contributed by atoms with Crippen LogP contribution in [-0.2, 0) is 10.0 Å². The van der Waals surface area contributed by atoms with Gasteiger partial charge in [0.1, 0.15) is 12.4 Å². The summed E-state index contributed by atoms with van der Waals surface area (Å²) in [4.78, 5) is 12.7. The maximum Gasteiger partial charge on any atom is 0.261 e. The zero-order chi connectivity index (χ0) is 22.4. The lowest BCUT2D eigenvalue weighted by atomic mass is 10.2. The van der Waals surface area contributed by atoms with Gasteiger partial charge in [-0.15, -0.1) is 0 Å². The Balaban J connectivity index is 1.57. The zero-order valence-corrected chi connectivity index (χ0v) is 18.6. The largest absolute Gasteiger partial charge is 0.491 e. The minimum absolute atomic E-state index is 0.183. The minimum atomic E-state index is -3.69. The van der Waals surface area contributed by atoms with Crippen LogP contribution in [0.2, 0.25) is 0 Å². The first-order valence-electron chi connectivity index (χ1n) is 9.93. The molecule has 0 aliphatic rings. The van der Waals surface area contributed by atoms with Crippen LogP contribution in [0.25, 0.3) is 0 Å². The number of aryl methyl sites for hydroxylation is 2. The lowest BCUT2D eigenvalue weighted by Gasteiger charge is -2.16. The summed E-state index contributed by atoms with van der Waals surface area (Å²) in [5, 5.41) is 2.88. The van der Waals surface area contributed by atoms with Crippen LogP contribution in [0, 0.1) is 13.8 Å². The maximum atomic E-state index is 12.5. The molecule has 0 fully saturated rings. The van der Waals surface area contributed by atoms with Crippen LogP contribution in [0.5, 0.6) is 5.75 Å². The number of nitrogens with one attached hydrogen (secondary N) is 2. The first-order chi connectivity index (χ1) is 14.7. The number of hydrogen-bond donors (Lipinski definition) is 2. The molecule has 0 saturated heterocycles. The highest BCUT2D eigenvalue weighted by molar-refractivity contribution is 7.92. The predicted octanol–water partition coefficient (Wildman–Crippen LogP) is 4.30. The van der Waals surface area contributed by atoms with Gasteiger partial charge >= 0.3 is 0 Å². The van der Waals surface area contributed by atoms with E-state index in [1.165, 1.54) is 0 Å². The van der Waals surface area contributed by atoms with E-state index in [0.717, 1.165) is 16.9 Å². The average molecular weight is 439 g/mol. The van der Waals surface area contributed by atoms with Gasteiger partial charge in [-0.25, -0.2) is 8.42 Å². The van der Waals surface area contributed by atoms with Crippen molar-refractivity contribution in [2.24, 2.45) is 0 Å². The van der Waals surface area contributed by atoms with E-state index in [1.54, 1.807) is 48.5 Å². The molecule has 162 valence electrons. The van der Waals surface area contributed by atoms with E-state index in [2.05, 4.69) is 10.0 Å². The average Bonchev–Trinajstić information content (AvgIpc) is 2.73. The number of hydrogen-bond acceptors (Lipinski definition) is 4. The number of sulfonamides is 1. The Hall–Kier alpha value is -3.32. The molecule has 0 spiro atoms. The van der Waals surface area contributed by atoms with Gasteiger partial charge in [-0.3, -0.25) is 9.52 Å².